The molecule has 0 radical (unpaired) electrons. The number of hydrogen-bond donors (Lipinski definition) is 1. The van der Waals surface area contributed by atoms with Crippen molar-refractivity contribution < 1.29 is 4.79 Å². The monoisotopic (exact) mass is 168 g/mol. The molecule has 1 aliphatic carbocycles. The first-order valence-electron chi connectivity index (χ1n) is 4.88. The Hall–Kier alpha value is -0.410. The molecule has 2 rings (SSSR count). The SMILES string of the molecule is O=C1CCNN(C2CCC2)CC1. The van der Waals surface area contributed by atoms with E-state index in [0.29, 0.717) is 12.2 Å². The van der Waals surface area contributed by atoms with Crippen molar-refractivity contribution in [3.05, 3.63) is 0 Å². The van der Waals surface area contributed by atoms with E-state index in [4.69, 9.17) is 0 Å². The Morgan fingerprint density at radius 3 is 2.83 bits per heavy atom. The Morgan fingerprint density at radius 1 is 1.33 bits per heavy atom. The molecule has 12 heavy (non-hydrogen) atoms. The van der Waals surface area contributed by atoms with Crippen molar-refractivity contribution in [2.24, 2.45) is 0 Å². The minimum absolute atomic E-state index is 0.407. The number of hydrazine groups is 1. The summed E-state index contributed by atoms with van der Waals surface area (Å²) < 4.78 is 0. The maximum atomic E-state index is 11.1. The smallest absolute Gasteiger partial charge is 0.135 e. The summed E-state index contributed by atoms with van der Waals surface area (Å²) in [4.78, 5) is 11.1. The van der Waals surface area contributed by atoms with Crippen LogP contribution in [0.3, 0.4) is 0 Å². The van der Waals surface area contributed by atoms with Gasteiger partial charge in [0.2, 0.25) is 0 Å². The zero-order valence-electron chi connectivity index (χ0n) is 7.38. The summed E-state index contributed by atoms with van der Waals surface area (Å²) in [6, 6.07) is 0.718. The molecule has 0 atom stereocenters. The van der Waals surface area contributed by atoms with Gasteiger partial charge in [0.05, 0.1) is 0 Å². The van der Waals surface area contributed by atoms with Crippen LogP contribution < -0.4 is 5.43 Å². The fourth-order valence-electron chi connectivity index (χ4n) is 1.80. The molecule has 0 bridgehead atoms. The van der Waals surface area contributed by atoms with Gasteiger partial charge in [-0.05, 0) is 12.8 Å². The van der Waals surface area contributed by atoms with E-state index in [9.17, 15) is 4.79 Å². The van der Waals surface area contributed by atoms with E-state index in [0.717, 1.165) is 25.6 Å². The van der Waals surface area contributed by atoms with Gasteiger partial charge in [0.1, 0.15) is 5.78 Å². The topological polar surface area (TPSA) is 32.3 Å². The summed E-state index contributed by atoms with van der Waals surface area (Å²) in [5, 5.41) is 2.27. The summed E-state index contributed by atoms with van der Waals surface area (Å²) in [7, 11) is 0. The van der Waals surface area contributed by atoms with Gasteiger partial charge in [-0.15, -0.1) is 0 Å². The molecule has 1 N–H and O–H groups in total. The average Bonchev–Trinajstić information content (AvgIpc) is 2.12. The van der Waals surface area contributed by atoms with Gasteiger partial charge in [-0.25, -0.2) is 5.01 Å². The van der Waals surface area contributed by atoms with E-state index >= 15 is 0 Å². The highest BCUT2D eigenvalue weighted by Crippen LogP contribution is 2.24. The van der Waals surface area contributed by atoms with Crippen LogP contribution in [0.2, 0.25) is 0 Å². The first kappa shape index (κ1) is 8.20. The molecule has 0 spiro atoms. The summed E-state index contributed by atoms with van der Waals surface area (Å²) in [5.74, 6) is 0.407. The predicted molar refractivity (Wildman–Crippen MR) is 46.6 cm³/mol. The zero-order chi connectivity index (χ0) is 8.39. The highest BCUT2D eigenvalue weighted by Gasteiger charge is 2.26. The van der Waals surface area contributed by atoms with Crippen molar-refractivity contribution in [3.8, 4) is 0 Å². The Morgan fingerprint density at radius 2 is 2.17 bits per heavy atom. The maximum Gasteiger partial charge on any atom is 0.135 e. The normalized spacial score (nSPS) is 28.2. The van der Waals surface area contributed by atoms with Gasteiger partial charge in [-0.2, -0.15) is 0 Å². The van der Waals surface area contributed by atoms with Gasteiger partial charge in [-0.1, -0.05) is 6.42 Å². The predicted octanol–water partition coefficient (Wildman–Crippen LogP) is 0.708. The van der Waals surface area contributed by atoms with Crippen molar-refractivity contribution in [2.45, 2.75) is 38.1 Å². The van der Waals surface area contributed by atoms with Crippen LogP contribution in [-0.2, 0) is 4.79 Å². The molecule has 0 aromatic heterocycles. The molecule has 0 aromatic rings. The van der Waals surface area contributed by atoms with Crippen molar-refractivity contribution in [1.29, 1.82) is 0 Å². The second-order valence-electron chi connectivity index (χ2n) is 3.72. The molecule has 2 fully saturated rings. The van der Waals surface area contributed by atoms with E-state index in [1.807, 2.05) is 0 Å². The molecule has 0 unspecified atom stereocenters. The number of hydrogen-bond acceptors (Lipinski definition) is 3. The van der Waals surface area contributed by atoms with Crippen LogP contribution in [-0.4, -0.2) is 29.9 Å². The summed E-state index contributed by atoms with van der Waals surface area (Å²) in [5.41, 5.74) is 3.33. The van der Waals surface area contributed by atoms with Crippen molar-refractivity contribution >= 4 is 5.78 Å². The summed E-state index contributed by atoms with van der Waals surface area (Å²) in [6.45, 7) is 1.76. The van der Waals surface area contributed by atoms with E-state index in [1.54, 1.807) is 0 Å². The first-order chi connectivity index (χ1) is 5.86. The second-order valence-corrected chi connectivity index (χ2v) is 3.72. The fraction of sp³-hybridized carbons (Fsp3) is 0.889. The van der Waals surface area contributed by atoms with Crippen molar-refractivity contribution in [3.63, 3.8) is 0 Å². The lowest BCUT2D eigenvalue weighted by atomic mass is 9.92. The third-order valence-electron chi connectivity index (χ3n) is 2.87. The number of Topliss-reactive ketones (excluding diaryl/α,β-unsaturated/α-hetero) is 1. The third kappa shape index (κ3) is 1.67. The van der Waals surface area contributed by atoms with Crippen LogP contribution in [0.1, 0.15) is 32.1 Å². The number of rotatable bonds is 1. The lowest BCUT2D eigenvalue weighted by molar-refractivity contribution is -0.118. The zero-order valence-corrected chi connectivity index (χ0v) is 7.38. The number of carbonyl (C=O) groups excluding carboxylic acids is 1. The van der Waals surface area contributed by atoms with Gasteiger partial charge in [0.25, 0.3) is 0 Å². The van der Waals surface area contributed by atoms with Crippen molar-refractivity contribution in [2.75, 3.05) is 13.1 Å². The van der Waals surface area contributed by atoms with Gasteiger partial charge in [-0.3, -0.25) is 10.2 Å². The van der Waals surface area contributed by atoms with Crippen LogP contribution in [0, 0.1) is 0 Å². The molecule has 1 saturated heterocycles. The van der Waals surface area contributed by atoms with Crippen molar-refractivity contribution in [1.82, 2.24) is 10.4 Å². The van der Waals surface area contributed by atoms with Crippen LogP contribution in [0.25, 0.3) is 0 Å². The van der Waals surface area contributed by atoms with E-state index in [-0.39, 0.29) is 0 Å². The lowest BCUT2D eigenvalue weighted by Crippen LogP contribution is -2.48. The summed E-state index contributed by atoms with van der Waals surface area (Å²) >= 11 is 0. The van der Waals surface area contributed by atoms with Crippen LogP contribution >= 0.6 is 0 Å². The highest BCUT2D eigenvalue weighted by molar-refractivity contribution is 5.78. The van der Waals surface area contributed by atoms with Crippen LogP contribution in [0.15, 0.2) is 0 Å². The number of ketones is 1. The molecule has 1 heterocycles. The minimum atomic E-state index is 0.407. The first-order valence-corrected chi connectivity index (χ1v) is 4.88. The molecule has 68 valence electrons. The molecular formula is C9H16N2O. The van der Waals surface area contributed by atoms with E-state index < -0.39 is 0 Å². The second kappa shape index (κ2) is 3.54. The number of nitrogens with zero attached hydrogens (tertiary/aromatic N) is 1. The van der Waals surface area contributed by atoms with Gasteiger partial charge >= 0.3 is 0 Å². The molecule has 3 nitrogen and oxygen atoms in total. The molecule has 0 amide bonds. The van der Waals surface area contributed by atoms with E-state index in [2.05, 4.69) is 10.4 Å². The summed E-state index contributed by atoms with van der Waals surface area (Å²) in [6.07, 6.45) is 5.42. The average molecular weight is 168 g/mol. The molecule has 3 heteroatoms. The molecule has 0 aromatic carbocycles. The Bertz CT molecular complexity index is 177. The van der Waals surface area contributed by atoms with Crippen LogP contribution in [0.4, 0.5) is 0 Å². The molecular weight excluding hydrogens is 152 g/mol. The highest BCUT2D eigenvalue weighted by atomic mass is 16.1. The quantitative estimate of drug-likeness (QED) is 0.626. The molecule has 1 aliphatic heterocycles. The standard InChI is InChI=1S/C9H16N2O/c12-9-4-6-10-11(7-5-9)8-2-1-3-8/h8,10H,1-7H2. The van der Waals surface area contributed by atoms with Gasteiger partial charge in [0, 0.05) is 32.0 Å². The number of nitrogens with one attached hydrogen (secondary N) is 1. The minimum Gasteiger partial charge on any atom is -0.300 e. The number of carbonyl (C=O) groups is 1. The van der Waals surface area contributed by atoms with Gasteiger partial charge < -0.3 is 0 Å². The maximum absolute atomic E-state index is 11.1. The molecule has 2 aliphatic rings. The van der Waals surface area contributed by atoms with Crippen LogP contribution in [0.5, 0.6) is 0 Å². The largest absolute Gasteiger partial charge is 0.300 e. The molecule has 1 saturated carbocycles. The van der Waals surface area contributed by atoms with Gasteiger partial charge in [0.15, 0.2) is 0 Å². The van der Waals surface area contributed by atoms with E-state index in [1.165, 1.54) is 19.3 Å². The Labute approximate surface area is 73.1 Å². The Kier molecular flexibility index (Phi) is 2.42. The lowest BCUT2D eigenvalue weighted by Gasteiger charge is -2.36. The fourth-order valence-corrected chi connectivity index (χ4v) is 1.80. The Balaban J connectivity index is 1.85. The third-order valence-corrected chi connectivity index (χ3v) is 2.87.